The van der Waals surface area contributed by atoms with Crippen LogP contribution in [0.15, 0.2) is 0 Å². The summed E-state index contributed by atoms with van der Waals surface area (Å²) in [5, 5.41) is 30.1. The fourth-order valence-corrected chi connectivity index (χ4v) is 0.711. The molecule has 0 fully saturated rings. The summed E-state index contributed by atoms with van der Waals surface area (Å²) in [5.74, 6) is -1.26. The van der Waals surface area contributed by atoms with Crippen LogP contribution in [-0.2, 0) is 31.0 Å². The second-order valence-corrected chi connectivity index (χ2v) is 2.06. The van der Waals surface area contributed by atoms with Crippen molar-refractivity contribution in [1.29, 1.82) is 0 Å². The van der Waals surface area contributed by atoms with Crippen LogP contribution in [0.2, 0.25) is 0 Å². The van der Waals surface area contributed by atoms with E-state index in [4.69, 9.17) is 0 Å². The van der Waals surface area contributed by atoms with Gasteiger partial charge in [0, 0.05) is 6.54 Å². The molecule has 13 heavy (non-hydrogen) atoms. The summed E-state index contributed by atoms with van der Waals surface area (Å²) in [6.07, 6.45) is 0. The number of hydrogen-bond acceptors (Lipinski definition) is 6. The number of nitrogens with zero attached hydrogens (tertiary/aromatic N) is 1. The second kappa shape index (κ2) is 12.2. The van der Waals surface area contributed by atoms with Crippen LogP contribution in [0.1, 0.15) is 0 Å². The van der Waals surface area contributed by atoms with Crippen molar-refractivity contribution in [2.24, 2.45) is 0 Å². The van der Waals surface area contributed by atoms with Crippen molar-refractivity contribution in [1.82, 2.24) is 4.90 Å². The monoisotopic (exact) mass is 267 g/mol. The fourth-order valence-electron chi connectivity index (χ4n) is 0.711. The molecule has 1 N–H and O–H groups in total. The molecule has 0 radical (unpaired) electrons. The van der Waals surface area contributed by atoms with Gasteiger partial charge in [0.15, 0.2) is 0 Å². The van der Waals surface area contributed by atoms with Gasteiger partial charge in [-0.3, -0.25) is 0 Å². The average Bonchev–Trinajstić information content (AvgIpc) is 1.87. The van der Waals surface area contributed by atoms with E-state index in [2.05, 4.69) is 0 Å². The van der Waals surface area contributed by atoms with Crippen LogP contribution in [0.5, 0.6) is 0 Å². The molecule has 0 atom stereocenters. The van der Waals surface area contributed by atoms with Gasteiger partial charge in [0.05, 0.1) is 5.97 Å². The molecule has 0 saturated heterocycles. The van der Waals surface area contributed by atoms with E-state index in [1.807, 2.05) is 0 Å². The minimum atomic E-state index is -1.26. The van der Waals surface area contributed by atoms with Crippen LogP contribution in [0.3, 0.4) is 0 Å². The van der Waals surface area contributed by atoms with Gasteiger partial charge >= 0.3 is 26.2 Å². The van der Waals surface area contributed by atoms with Crippen LogP contribution in [0, 0.1) is 0 Å². The standard InChI is InChI=1S/C6H11NO4.H2O.Zr/c8-3-1-7(2-4-9)5-6(10)11;;/h1-5H2,(H,10,11);1H2;/q-2;;+4/p-2. The first kappa shape index (κ1) is 18.9. The fraction of sp³-hybridized carbons (Fsp3) is 0.833. The number of rotatable bonds is 6. The molecule has 0 aliphatic rings. The van der Waals surface area contributed by atoms with Crippen LogP contribution in [0.25, 0.3) is 0 Å². The Morgan fingerprint density at radius 3 is 1.77 bits per heavy atom. The number of carboxylic acid groups (broad SMARTS) is 1. The SMILES string of the molecule is O=C([O-])CN(CC[O-])CC[O-].[OH-].[Zr+4]. The van der Waals surface area contributed by atoms with Gasteiger partial charge < -0.3 is 30.5 Å². The van der Waals surface area contributed by atoms with Crippen molar-refractivity contribution in [2.75, 3.05) is 32.8 Å². The Balaban J connectivity index is -0.000000500. The molecular formula is C6H11NO5Zr. The van der Waals surface area contributed by atoms with Crippen molar-refractivity contribution in [3.8, 4) is 0 Å². The summed E-state index contributed by atoms with van der Waals surface area (Å²) in [6.45, 7) is -0.933. The van der Waals surface area contributed by atoms with Gasteiger partial charge in [-0.05, 0) is 13.1 Å². The topological polar surface area (TPSA) is 119 Å². The number of carbonyl (C=O) groups is 1. The number of carbonyl (C=O) groups excluding carboxylic acids is 1. The van der Waals surface area contributed by atoms with E-state index in [0.717, 1.165) is 0 Å². The molecule has 0 rings (SSSR count). The Hall–Kier alpha value is 0.193. The maximum atomic E-state index is 10.0. The summed E-state index contributed by atoms with van der Waals surface area (Å²) in [5.41, 5.74) is 0. The summed E-state index contributed by atoms with van der Waals surface area (Å²) in [7, 11) is 0. The Kier molecular flexibility index (Phi) is 17.7. The zero-order valence-electron chi connectivity index (χ0n) is 7.06. The van der Waals surface area contributed by atoms with E-state index >= 15 is 0 Å². The smallest absolute Gasteiger partial charge is 0.870 e. The van der Waals surface area contributed by atoms with Crippen molar-refractivity contribution in [3.05, 3.63) is 0 Å². The summed E-state index contributed by atoms with van der Waals surface area (Å²) in [4.78, 5) is 11.3. The van der Waals surface area contributed by atoms with E-state index in [1.165, 1.54) is 4.90 Å². The van der Waals surface area contributed by atoms with E-state index in [1.54, 1.807) is 0 Å². The molecule has 6 nitrogen and oxygen atoms in total. The molecule has 0 aromatic carbocycles. The molecule has 0 bridgehead atoms. The Morgan fingerprint density at radius 1 is 1.15 bits per heavy atom. The molecule has 0 amide bonds. The zero-order valence-corrected chi connectivity index (χ0v) is 9.52. The van der Waals surface area contributed by atoms with Gasteiger partial charge in [0.2, 0.25) is 0 Å². The molecule has 0 aliphatic heterocycles. The quantitative estimate of drug-likeness (QED) is 0.479. The van der Waals surface area contributed by atoms with Gasteiger partial charge in [-0.25, -0.2) is 0 Å². The molecule has 0 unspecified atom stereocenters. The van der Waals surface area contributed by atoms with Gasteiger partial charge in [-0.15, -0.1) is 13.2 Å². The molecule has 74 valence electrons. The Bertz CT molecular complexity index is 118. The predicted octanol–water partition coefficient (Wildman–Crippen LogP) is -4.42. The molecule has 0 saturated carbocycles. The molecule has 0 aliphatic carbocycles. The maximum absolute atomic E-state index is 10.0. The number of carboxylic acids is 1. The molecule has 7 heteroatoms. The molecule has 0 aromatic rings. The zero-order chi connectivity index (χ0) is 8.69. The minimum Gasteiger partial charge on any atom is -0.870 e. The normalized spacial score (nSPS) is 8.85. The summed E-state index contributed by atoms with van der Waals surface area (Å²) in [6, 6.07) is 0. The van der Waals surface area contributed by atoms with Crippen LogP contribution in [0.4, 0.5) is 0 Å². The van der Waals surface area contributed by atoms with Crippen LogP contribution < -0.4 is 15.3 Å². The summed E-state index contributed by atoms with van der Waals surface area (Å²) < 4.78 is 0. The third-order valence-electron chi connectivity index (χ3n) is 1.17. The van der Waals surface area contributed by atoms with Gasteiger partial charge in [-0.2, -0.15) is 0 Å². The first-order valence-electron chi connectivity index (χ1n) is 3.29. The first-order valence-corrected chi connectivity index (χ1v) is 3.29. The van der Waals surface area contributed by atoms with Gasteiger partial charge in [-0.1, -0.05) is 0 Å². The first-order chi connectivity index (χ1) is 5.20. The third kappa shape index (κ3) is 12.2. The average molecular weight is 268 g/mol. The Morgan fingerprint density at radius 2 is 1.54 bits per heavy atom. The van der Waals surface area contributed by atoms with Gasteiger partial charge in [0.1, 0.15) is 0 Å². The van der Waals surface area contributed by atoms with E-state index in [-0.39, 0.29) is 51.3 Å². The second-order valence-electron chi connectivity index (χ2n) is 2.06. The molecule has 0 aromatic heterocycles. The van der Waals surface area contributed by atoms with Crippen LogP contribution >= 0.6 is 0 Å². The van der Waals surface area contributed by atoms with E-state index < -0.39 is 19.2 Å². The third-order valence-corrected chi connectivity index (χ3v) is 1.17. The number of aliphatic carboxylic acids is 1. The summed E-state index contributed by atoms with van der Waals surface area (Å²) >= 11 is 0. The predicted molar refractivity (Wildman–Crippen MR) is 33.1 cm³/mol. The minimum absolute atomic E-state index is 0. The van der Waals surface area contributed by atoms with Gasteiger partial charge in [0.25, 0.3) is 0 Å². The molecule has 0 heterocycles. The van der Waals surface area contributed by atoms with Crippen LogP contribution in [-0.4, -0.2) is 49.2 Å². The maximum Gasteiger partial charge on any atom is 4.00 e. The van der Waals surface area contributed by atoms with Crippen molar-refractivity contribution in [3.63, 3.8) is 0 Å². The van der Waals surface area contributed by atoms with Crippen molar-refractivity contribution < 1.29 is 51.8 Å². The van der Waals surface area contributed by atoms with Crippen molar-refractivity contribution in [2.45, 2.75) is 0 Å². The van der Waals surface area contributed by atoms with Crippen molar-refractivity contribution >= 4 is 5.97 Å². The number of hydrogen-bond donors (Lipinski definition) is 0. The van der Waals surface area contributed by atoms with E-state index in [0.29, 0.717) is 0 Å². The molecule has 0 spiro atoms. The molecular weight excluding hydrogens is 257 g/mol. The van der Waals surface area contributed by atoms with E-state index in [9.17, 15) is 20.1 Å². The largest absolute Gasteiger partial charge is 4.00 e. The Labute approximate surface area is 95.6 Å².